The average molecular weight is 108 g/mol. The highest BCUT2D eigenvalue weighted by atomic mass is 32.2. The van der Waals surface area contributed by atoms with Gasteiger partial charge in [0, 0.05) is 0 Å². The molecule has 0 aliphatic heterocycles. The van der Waals surface area contributed by atoms with E-state index < -0.39 is 5.12 Å². The van der Waals surface area contributed by atoms with Gasteiger partial charge in [-0.15, -0.1) is 0 Å². The highest BCUT2D eigenvalue weighted by Gasteiger charge is 2.06. The van der Waals surface area contributed by atoms with Gasteiger partial charge < -0.3 is 0 Å². The summed E-state index contributed by atoms with van der Waals surface area (Å²) in [6.45, 7) is 0. The first-order valence-corrected chi connectivity index (χ1v) is 2.19. The Morgan fingerprint density at radius 3 is 1.33 bits per heavy atom. The Hall–Kier alpha value is 0.190. The third-order valence-corrected chi connectivity index (χ3v) is 0.612. The maximum Gasteiger partial charge on any atom is 0.179 e. The minimum absolute atomic E-state index is 0.715. The maximum absolute atomic E-state index is 4.93. The van der Waals surface area contributed by atoms with Gasteiger partial charge in [-0.25, -0.2) is 0 Å². The lowest BCUT2D eigenvalue weighted by molar-refractivity contribution is 0.679. The molecule has 5 heteroatoms. The molecule has 0 bridgehead atoms. The molecular weight excluding hydrogens is 100 g/mol. The molecule has 0 aromatic carbocycles. The third-order valence-electron chi connectivity index (χ3n) is 0.204. The summed E-state index contributed by atoms with van der Waals surface area (Å²) >= 11 is 0.715. The smallest absolute Gasteiger partial charge is 0.179 e. The molecule has 0 radical (unpaired) electrons. The van der Waals surface area contributed by atoms with Crippen LogP contribution in [0.2, 0.25) is 0 Å². The van der Waals surface area contributed by atoms with Crippen LogP contribution >= 0.6 is 11.9 Å². The van der Waals surface area contributed by atoms with E-state index in [9.17, 15) is 0 Å². The molecule has 0 saturated carbocycles. The van der Waals surface area contributed by atoms with Crippen LogP contribution in [0.3, 0.4) is 0 Å². The summed E-state index contributed by atoms with van der Waals surface area (Å²) < 4.78 is 0. The van der Waals surface area contributed by atoms with E-state index in [4.69, 9.17) is 22.3 Å². The van der Waals surface area contributed by atoms with Crippen molar-refractivity contribution in [2.45, 2.75) is 5.12 Å². The number of hydrogen-bond acceptors (Lipinski definition) is 5. The van der Waals surface area contributed by atoms with E-state index in [0.717, 1.165) is 0 Å². The molecule has 0 aliphatic rings. The number of nitrogens with two attached hydrogens (primary N) is 4. The van der Waals surface area contributed by atoms with Gasteiger partial charge in [-0.1, -0.05) is 0 Å². The van der Waals surface area contributed by atoms with Crippen molar-refractivity contribution < 1.29 is 0 Å². The normalized spacial score (nSPS) is 12.0. The zero-order chi connectivity index (χ0) is 5.21. The zero-order valence-corrected chi connectivity index (χ0v) is 4.03. The topological polar surface area (TPSA) is 104 Å². The first kappa shape index (κ1) is 6.19. The lowest BCUT2D eigenvalue weighted by Gasteiger charge is -2.11. The standard InChI is InChI=1S/CH8N4S/c2-1(3,4)6-5/h2-5H2. The van der Waals surface area contributed by atoms with Crippen molar-refractivity contribution in [1.82, 2.24) is 0 Å². The van der Waals surface area contributed by atoms with Crippen molar-refractivity contribution in [2.75, 3.05) is 0 Å². The van der Waals surface area contributed by atoms with E-state index in [1.165, 1.54) is 0 Å². The van der Waals surface area contributed by atoms with E-state index >= 15 is 0 Å². The van der Waals surface area contributed by atoms with Gasteiger partial charge in [0.05, 0.1) is 0 Å². The fraction of sp³-hybridized carbons (Fsp3) is 1.00. The van der Waals surface area contributed by atoms with E-state index in [1.54, 1.807) is 0 Å². The molecular formula is CH8N4S. The van der Waals surface area contributed by atoms with Crippen molar-refractivity contribution in [3.8, 4) is 0 Å². The molecule has 0 aromatic heterocycles. The van der Waals surface area contributed by atoms with Crippen LogP contribution < -0.4 is 22.3 Å². The lowest BCUT2D eigenvalue weighted by atomic mass is 11.0. The van der Waals surface area contributed by atoms with Crippen molar-refractivity contribution in [3.05, 3.63) is 0 Å². The van der Waals surface area contributed by atoms with Crippen LogP contribution in [-0.2, 0) is 0 Å². The number of hydrogen-bond donors (Lipinski definition) is 4. The Balaban J connectivity index is 3.17. The van der Waals surface area contributed by atoms with E-state index in [-0.39, 0.29) is 0 Å². The second-order valence-electron chi connectivity index (χ2n) is 0.971. The Bertz CT molecular complexity index is 37.3. The van der Waals surface area contributed by atoms with Gasteiger partial charge >= 0.3 is 0 Å². The lowest BCUT2D eigenvalue weighted by Crippen LogP contribution is -2.55. The predicted molar refractivity (Wildman–Crippen MR) is 27.1 cm³/mol. The second-order valence-corrected chi connectivity index (χ2v) is 1.91. The molecule has 4 nitrogen and oxygen atoms in total. The predicted octanol–water partition coefficient (Wildman–Crippen LogP) is -1.92. The van der Waals surface area contributed by atoms with E-state index in [2.05, 4.69) is 0 Å². The molecule has 0 fully saturated rings. The van der Waals surface area contributed by atoms with E-state index in [0.29, 0.717) is 11.9 Å². The summed E-state index contributed by atoms with van der Waals surface area (Å²) in [5.74, 6) is 0. The molecule has 0 aliphatic carbocycles. The molecule has 0 atom stereocenters. The highest BCUT2D eigenvalue weighted by molar-refractivity contribution is 7.98. The summed E-state index contributed by atoms with van der Waals surface area (Å²) in [4.78, 5) is 0. The molecule has 38 valence electrons. The largest absolute Gasteiger partial charge is 0.291 e. The first-order valence-electron chi connectivity index (χ1n) is 1.31. The summed E-state index contributed by atoms with van der Waals surface area (Å²) in [6.07, 6.45) is 0. The second kappa shape index (κ2) is 1.76. The quantitative estimate of drug-likeness (QED) is 0.231. The first-order chi connectivity index (χ1) is 2.56. The molecule has 0 spiro atoms. The van der Waals surface area contributed by atoms with Crippen LogP contribution in [0.5, 0.6) is 0 Å². The van der Waals surface area contributed by atoms with Crippen LogP contribution in [0.25, 0.3) is 0 Å². The molecule has 8 N–H and O–H groups in total. The fourth-order valence-corrected chi connectivity index (χ4v) is 0. The van der Waals surface area contributed by atoms with Gasteiger partial charge in [0.1, 0.15) is 0 Å². The van der Waals surface area contributed by atoms with Gasteiger partial charge in [-0.2, -0.15) is 0 Å². The maximum atomic E-state index is 4.93. The Morgan fingerprint density at radius 2 is 1.33 bits per heavy atom. The highest BCUT2D eigenvalue weighted by Crippen LogP contribution is 1.91. The minimum atomic E-state index is -1.26. The van der Waals surface area contributed by atoms with Crippen LogP contribution in [0.4, 0.5) is 0 Å². The summed E-state index contributed by atoms with van der Waals surface area (Å²) in [6, 6.07) is 0. The molecule has 0 heterocycles. The Kier molecular flexibility index (Phi) is 1.82. The molecule has 0 amide bonds. The summed E-state index contributed by atoms with van der Waals surface area (Å²) in [5.41, 5.74) is 14.8. The fourth-order valence-electron chi connectivity index (χ4n) is 0. The van der Waals surface area contributed by atoms with Gasteiger partial charge in [0.15, 0.2) is 5.12 Å². The van der Waals surface area contributed by atoms with Crippen LogP contribution in [-0.4, -0.2) is 5.12 Å². The Morgan fingerprint density at radius 1 is 1.17 bits per heavy atom. The third kappa shape index (κ3) is 4.19. The molecule has 0 rings (SSSR count). The monoisotopic (exact) mass is 108 g/mol. The van der Waals surface area contributed by atoms with Crippen molar-refractivity contribution in [3.63, 3.8) is 0 Å². The SMILES string of the molecule is NSC(N)(N)N. The van der Waals surface area contributed by atoms with Gasteiger partial charge in [-0.05, 0) is 11.9 Å². The summed E-state index contributed by atoms with van der Waals surface area (Å²) in [7, 11) is 0. The van der Waals surface area contributed by atoms with Crippen LogP contribution in [0.1, 0.15) is 0 Å². The number of rotatable bonds is 1. The molecule has 0 saturated heterocycles. The van der Waals surface area contributed by atoms with Crippen LogP contribution in [0, 0.1) is 0 Å². The summed E-state index contributed by atoms with van der Waals surface area (Å²) in [5, 5.41) is 3.58. The molecule has 0 unspecified atom stereocenters. The van der Waals surface area contributed by atoms with Crippen molar-refractivity contribution >= 4 is 11.9 Å². The molecule has 0 aromatic rings. The van der Waals surface area contributed by atoms with Crippen LogP contribution in [0.15, 0.2) is 0 Å². The van der Waals surface area contributed by atoms with Crippen molar-refractivity contribution in [1.29, 1.82) is 0 Å². The van der Waals surface area contributed by atoms with Gasteiger partial charge in [-0.3, -0.25) is 22.3 Å². The average Bonchev–Trinajstić information content (AvgIpc) is 1.35. The Labute approximate surface area is 40.4 Å². The van der Waals surface area contributed by atoms with E-state index in [1.807, 2.05) is 0 Å². The van der Waals surface area contributed by atoms with Gasteiger partial charge in [0.25, 0.3) is 0 Å². The zero-order valence-electron chi connectivity index (χ0n) is 3.22. The van der Waals surface area contributed by atoms with Crippen molar-refractivity contribution in [2.24, 2.45) is 22.3 Å². The molecule has 6 heavy (non-hydrogen) atoms. The minimum Gasteiger partial charge on any atom is -0.291 e. The van der Waals surface area contributed by atoms with Gasteiger partial charge in [0.2, 0.25) is 0 Å².